The maximum absolute atomic E-state index is 11.6. The van der Waals surface area contributed by atoms with Crippen molar-refractivity contribution in [1.29, 1.82) is 15.8 Å². The molecular formula is C13H7ClN4O. The molecule has 1 aliphatic rings. The molecule has 1 aliphatic carbocycles. The van der Waals surface area contributed by atoms with Gasteiger partial charge in [-0.3, -0.25) is 4.79 Å². The Morgan fingerprint density at radius 2 is 1.68 bits per heavy atom. The van der Waals surface area contributed by atoms with Gasteiger partial charge in [-0.25, -0.2) is 0 Å². The predicted molar refractivity (Wildman–Crippen MR) is 65.1 cm³/mol. The molecule has 0 bridgehead atoms. The summed E-state index contributed by atoms with van der Waals surface area (Å²) in [6, 6.07) is 11.6. The van der Waals surface area contributed by atoms with Crippen LogP contribution in [0.4, 0.5) is 0 Å². The van der Waals surface area contributed by atoms with Crippen LogP contribution in [0.1, 0.15) is 11.5 Å². The smallest absolute Gasteiger partial charge is 0.241 e. The normalized spacial score (nSPS) is 26.5. The van der Waals surface area contributed by atoms with Crippen molar-refractivity contribution in [3.05, 3.63) is 34.9 Å². The topological polar surface area (TPSA) is 114 Å². The van der Waals surface area contributed by atoms with E-state index < -0.39 is 22.7 Å². The van der Waals surface area contributed by atoms with Gasteiger partial charge in [0.05, 0.1) is 18.2 Å². The van der Waals surface area contributed by atoms with E-state index in [4.69, 9.17) is 17.3 Å². The third-order valence-electron chi connectivity index (χ3n) is 3.53. The second-order valence-corrected chi connectivity index (χ2v) is 4.74. The van der Waals surface area contributed by atoms with E-state index in [1.807, 2.05) is 0 Å². The lowest BCUT2D eigenvalue weighted by molar-refractivity contribution is -0.121. The van der Waals surface area contributed by atoms with Gasteiger partial charge >= 0.3 is 0 Å². The van der Waals surface area contributed by atoms with E-state index in [-0.39, 0.29) is 0 Å². The number of carbonyl (C=O) groups excluding carboxylic acids is 1. The van der Waals surface area contributed by atoms with Crippen LogP contribution in [0.2, 0.25) is 5.02 Å². The molecule has 5 nitrogen and oxygen atoms in total. The predicted octanol–water partition coefficient (Wildman–Crippen LogP) is 1.47. The lowest BCUT2D eigenvalue weighted by Gasteiger charge is -2.02. The van der Waals surface area contributed by atoms with Gasteiger partial charge in [-0.1, -0.05) is 23.7 Å². The first kappa shape index (κ1) is 12.9. The maximum Gasteiger partial charge on any atom is 0.241 e. The van der Waals surface area contributed by atoms with Crippen LogP contribution in [0, 0.1) is 44.8 Å². The minimum absolute atomic E-state index is 0.477. The number of hydrogen-bond acceptors (Lipinski definition) is 4. The first-order chi connectivity index (χ1) is 9.00. The van der Waals surface area contributed by atoms with Crippen LogP contribution in [-0.2, 0) is 4.79 Å². The summed E-state index contributed by atoms with van der Waals surface area (Å²) in [7, 11) is 0. The van der Waals surface area contributed by atoms with Gasteiger partial charge in [0.25, 0.3) is 0 Å². The number of halogens is 1. The summed E-state index contributed by atoms with van der Waals surface area (Å²) >= 11 is 5.76. The molecule has 0 spiro atoms. The SMILES string of the molecule is N#CC1(C#N)[C@@H](c2ccc(Cl)cc2)[C@@]1(C#N)C(N)=O. The highest BCUT2D eigenvalue weighted by Gasteiger charge is 2.84. The number of benzene rings is 1. The summed E-state index contributed by atoms with van der Waals surface area (Å²) in [5.41, 5.74) is 2.22. The van der Waals surface area contributed by atoms with Crippen LogP contribution in [0.5, 0.6) is 0 Å². The molecule has 2 rings (SSSR count). The van der Waals surface area contributed by atoms with Crippen molar-refractivity contribution in [3.63, 3.8) is 0 Å². The van der Waals surface area contributed by atoms with Crippen molar-refractivity contribution in [2.24, 2.45) is 16.6 Å². The van der Waals surface area contributed by atoms with E-state index in [0.717, 1.165) is 0 Å². The Bertz CT molecular complexity index is 663. The number of amides is 1. The molecule has 1 fully saturated rings. The number of rotatable bonds is 2. The van der Waals surface area contributed by atoms with Gasteiger partial charge < -0.3 is 5.73 Å². The zero-order valence-corrected chi connectivity index (χ0v) is 10.3. The average Bonchev–Trinajstić information content (AvgIpc) is 3.03. The zero-order valence-electron chi connectivity index (χ0n) is 9.59. The quantitative estimate of drug-likeness (QED) is 0.876. The summed E-state index contributed by atoms with van der Waals surface area (Å²) in [5, 5.41) is 28.1. The van der Waals surface area contributed by atoms with E-state index in [9.17, 15) is 20.6 Å². The van der Waals surface area contributed by atoms with Crippen LogP contribution in [0.25, 0.3) is 0 Å². The molecule has 0 heterocycles. The number of nitrogens with two attached hydrogens (primary N) is 1. The minimum atomic E-state index is -1.80. The fourth-order valence-electron chi connectivity index (χ4n) is 2.50. The van der Waals surface area contributed by atoms with Gasteiger partial charge in [-0.15, -0.1) is 0 Å². The Hall–Kier alpha value is -2.55. The van der Waals surface area contributed by atoms with Gasteiger partial charge in [0.2, 0.25) is 5.91 Å². The highest BCUT2D eigenvalue weighted by atomic mass is 35.5. The fourth-order valence-corrected chi connectivity index (χ4v) is 2.63. The Morgan fingerprint density at radius 3 is 2.00 bits per heavy atom. The highest BCUT2D eigenvalue weighted by Crippen LogP contribution is 2.73. The summed E-state index contributed by atoms with van der Waals surface area (Å²) in [5.74, 6) is -1.81. The number of nitriles is 3. The second kappa shape index (κ2) is 3.99. The molecule has 0 aromatic heterocycles. The molecule has 1 saturated carbocycles. The molecule has 1 amide bonds. The lowest BCUT2D eigenvalue weighted by atomic mass is 9.96. The van der Waals surface area contributed by atoms with E-state index in [1.165, 1.54) is 0 Å². The van der Waals surface area contributed by atoms with Gasteiger partial charge in [-0.05, 0) is 17.7 Å². The van der Waals surface area contributed by atoms with E-state index >= 15 is 0 Å². The van der Waals surface area contributed by atoms with E-state index in [1.54, 1.807) is 42.5 Å². The van der Waals surface area contributed by atoms with Crippen molar-refractivity contribution in [1.82, 2.24) is 0 Å². The first-order valence-electron chi connectivity index (χ1n) is 5.29. The van der Waals surface area contributed by atoms with Crippen LogP contribution < -0.4 is 5.73 Å². The Balaban J connectivity index is 2.62. The Morgan fingerprint density at radius 1 is 1.16 bits per heavy atom. The van der Waals surface area contributed by atoms with E-state index in [0.29, 0.717) is 10.6 Å². The van der Waals surface area contributed by atoms with Crippen LogP contribution in [0.3, 0.4) is 0 Å². The molecule has 92 valence electrons. The second-order valence-electron chi connectivity index (χ2n) is 4.30. The average molecular weight is 271 g/mol. The molecule has 19 heavy (non-hydrogen) atoms. The summed E-state index contributed by atoms with van der Waals surface area (Å²) in [6.45, 7) is 0. The van der Waals surface area contributed by atoms with E-state index in [2.05, 4.69) is 0 Å². The number of carbonyl (C=O) groups is 1. The van der Waals surface area contributed by atoms with Gasteiger partial charge in [0, 0.05) is 10.9 Å². The zero-order chi connectivity index (χ0) is 14.3. The fraction of sp³-hybridized carbons (Fsp3) is 0.231. The molecule has 0 radical (unpaired) electrons. The van der Waals surface area contributed by atoms with Crippen molar-refractivity contribution < 1.29 is 4.79 Å². The van der Waals surface area contributed by atoms with Crippen molar-refractivity contribution >= 4 is 17.5 Å². The maximum atomic E-state index is 11.6. The lowest BCUT2D eigenvalue weighted by Crippen LogP contribution is -2.28. The minimum Gasteiger partial charge on any atom is -0.368 e. The molecular weight excluding hydrogens is 264 g/mol. The van der Waals surface area contributed by atoms with Crippen LogP contribution in [-0.4, -0.2) is 5.91 Å². The molecule has 2 N–H and O–H groups in total. The highest BCUT2D eigenvalue weighted by molar-refractivity contribution is 6.30. The summed E-state index contributed by atoms with van der Waals surface area (Å²) in [4.78, 5) is 11.6. The first-order valence-corrected chi connectivity index (χ1v) is 5.67. The number of primary amides is 1. The van der Waals surface area contributed by atoms with Gasteiger partial charge in [-0.2, -0.15) is 15.8 Å². The molecule has 0 unspecified atom stereocenters. The molecule has 0 aliphatic heterocycles. The van der Waals surface area contributed by atoms with Crippen LogP contribution >= 0.6 is 11.6 Å². The van der Waals surface area contributed by atoms with Crippen LogP contribution in [0.15, 0.2) is 24.3 Å². The monoisotopic (exact) mass is 270 g/mol. The Kier molecular flexibility index (Phi) is 2.71. The molecule has 1 aromatic rings. The number of hydrogen-bond donors (Lipinski definition) is 1. The summed E-state index contributed by atoms with van der Waals surface area (Å²) < 4.78 is 0. The number of nitrogens with zero attached hydrogens (tertiary/aromatic N) is 3. The molecule has 1 aromatic carbocycles. The summed E-state index contributed by atoms with van der Waals surface area (Å²) in [6.07, 6.45) is 0. The van der Waals surface area contributed by atoms with Gasteiger partial charge in [0.15, 0.2) is 10.8 Å². The standard InChI is InChI=1S/C13H7ClN4O/c14-9-3-1-8(2-4-9)10-12(5-15,6-16)13(10,7-17)11(18)19/h1-4,10H,(H2,18,19)/t10-,13+/m1/s1. The third kappa shape index (κ3) is 1.35. The van der Waals surface area contributed by atoms with Crippen molar-refractivity contribution in [2.75, 3.05) is 0 Å². The van der Waals surface area contributed by atoms with Crippen molar-refractivity contribution in [3.8, 4) is 18.2 Å². The Labute approximate surface area is 114 Å². The molecule has 6 heteroatoms. The largest absolute Gasteiger partial charge is 0.368 e. The molecule has 2 atom stereocenters. The van der Waals surface area contributed by atoms with Crippen molar-refractivity contribution in [2.45, 2.75) is 5.92 Å². The molecule has 0 saturated heterocycles. The third-order valence-corrected chi connectivity index (χ3v) is 3.78. The van der Waals surface area contributed by atoms with Gasteiger partial charge in [0.1, 0.15) is 0 Å².